The first kappa shape index (κ1) is 24.8. The van der Waals surface area contributed by atoms with E-state index in [1.807, 2.05) is 62.7 Å². The molecule has 2 N–H and O–H groups in total. The Balaban J connectivity index is 1.86. The monoisotopic (exact) mass is 463 g/mol. The highest BCUT2D eigenvalue weighted by Crippen LogP contribution is 2.28. The predicted molar refractivity (Wildman–Crippen MR) is 135 cm³/mol. The number of anilines is 1. The molecule has 34 heavy (non-hydrogen) atoms. The maximum Gasteiger partial charge on any atom is 0.258 e. The third-order valence-corrected chi connectivity index (χ3v) is 5.30. The van der Waals surface area contributed by atoms with Gasteiger partial charge in [0, 0.05) is 29.1 Å². The molecule has 2 aromatic carbocycles. The van der Waals surface area contributed by atoms with Crippen molar-refractivity contribution in [1.82, 2.24) is 15.1 Å². The zero-order valence-corrected chi connectivity index (χ0v) is 20.5. The molecule has 1 amide bonds. The summed E-state index contributed by atoms with van der Waals surface area (Å²) < 4.78 is 13.2. The molecule has 3 rings (SSSR count). The Hall–Kier alpha value is -3.81. The third kappa shape index (κ3) is 6.15. The quantitative estimate of drug-likeness (QED) is 0.354. The second-order valence-electron chi connectivity index (χ2n) is 7.60. The fraction of sp³-hybridized carbons (Fsp3) is 0.346. The van der Waals surface area contributed by atoms with Gasteiger partial charge in [-0.25, -0.2) is 4.99 Å². The molecule has 0 atom stereocenters. The highest BCUT2D eigenvalue weighted by molar-refractivity contribution is 6.10. The van der Waals surface area contributed by atoms with E-state index in [0.29, 0.717) is 42.8 Å². The van der Waals surface area contributed by atoms with Gasteiger partial charge in [-0.15, -0.1) is 0 Å². The molecular weight excluding hydrogens is 430 g/mol. The minimum absolute atomic E-state index is 0.302. The Bertz CT molecular complexity index is 1140. The summed E-state index contributed by atoms with van der Waals surface area (Å²) in [6, 6.07) is 14.7. The van der Waals surface area contributed by atoms with Crippen LogP contribution in [0, 0.1) is 13.8 Å². The van der Waals surface area contributed by atoms with Crippen molar-refractivity contribution in [3.05, 3.63) is 71.0 Å². The first-order valence-corrected chi connectivity index (χ1v) is 11.6. The minimum atomic E-state index is -0.302. The van der Waals surface area contributed by atoms with E-state index >= 15 is 0 Å². The van der Waals surface area contributed by atoms with Crippen LogP contribution < -0.4 is 20.1 Å². The number of hydrogen-bond donors (Lipinski definition) is 2. The van der Waals surface area contributed by atoms with Crippen molar-refractivity contribution in [2.24, 2.45) is 4.99 Å². The number of ether oxygens (including phenoxy) is 2. The van der Waals surface area contributed by atoms with Gasteiger partial charge in [0.05, 0.1) is 25.5 Å². The predicted octanol–water partition coefficient (Wildman–Crippen LogP) is 4.72. The van der Waals surface area contributed by atoms with Crippen molar-refractivity contribution >= 4 is 17.6 Å². The van der Waals surface area contributed by atoms with Crippen molar-refractivity contribution < 1.29 is 14.3 Å². The Kier molecular flexibility index (Phi) is 8.67. The SMILES string of the molecule is CCOc1ccc(C(=O)NC(=NCc2c(C)nn(CC)c2C)Nc2ccccc2)cc1OCC. The first-order chi connectivity index (χ1) is 16.5. The van der Waals surface area contributed by atoms with Crippen LogP contribution in [0.4, 0.5) is 5.69 Å². The van der Waals surface area contributed by atoms with Crippen molar-refractivity contribution in [2.75, 3.05) is 18.5 Å². The Morgan fingerprint density at radius 1 is 1.00 bits per heavy atom. The molecule has 1 aromatic heterocycles. The van der Waals surface area contributed by atoms with Gasteiger partial charge in [-0.05, 0) is 65.0 Å². The summed E-state index contributed by atoms with van der Waals surface area (Å²) in [7, 11) is 0. The fourth-order valence-corrected chi connectivity index (χ4v) is 3.57. The van der Waals surface area contributed by atoms with Crippen LogP contribution >= 0.6 is 0 Å². The Morgan fingerprint density at radius 3 is 2.35 bits per heavy atom. The van der Waals surface area contributed by atoms with Crippen LogP contribution in [0.25, 0.3) is 0 Å². The lowest BCUT2D eigenvalue weighted by Gasteiger charge is -2.14. The second-order valence-corrected chi connectivity index (χ2v) is 7.60. The molecule has 0 unspecified atom stereocenters. The summed E-state index contributed by atoms with van der Waals surface area (Å²) in [6.45, 7) is 12.0. The number of carbonyl (C=O) groups excluding carboxylic acids is 1. The lowest BCUT2D eigenvalue weighted by molar-refractivity contribution is 0.0976. The smallest absolute Gasteiger partial charge is 0.258 e. The maximum absolute atomic E-state index is 13.1. The molecule has 0 spiro atoms. The zero-order valence-electron chi connectivity index (χ0n) is 20.5. The zero-order chi connectivity index (χ0) is 24.5. The molecule has 0 saturated carbocycles. The number of aromatic nitrogens is 2. The lowest BCUT2D eigenvalue weighted by atomic mass is 10.2. The normalized spacial score (nSPS) is 11.3. The second kappa shape index (κ2) is 11.9. The van der Waals surface area contributed by atoms with Gasteiger partial charge in [0.2, 0.25) is 5.96 Å². The standard InChI is InChI=1S/C26H33N5O3/c1-6-31-19(5)22(18(4)30-31)17-27-26(28-21-12-10-9-11-13-21)29-25(32)20-14-15-23(33-7-2)24(16-20)34-8-3/h9-16H,6-8,17H2,1-5H3,(H2,27,28,29,32). The highest BCUT2D eigenvalue weighted by atomic mass is 16.5. The summed E-state index contributed by atoms with van der Waals surface area (Å²) in [6.07, 6.45) is 0. The summed E-state index contributed by atoms with van der Waals surface area (Å²) in [5.41, 5.74) is 4.31. The van der Waals surface area contributed by atoms with E-state index in [4.69, 9.17) is 14.5 Å². The van der Waals surface area contributed by atoms with Gasteiger partial charge in [-0.2, -0.15) is 5.10 Å². The summed E-state index contributed by atoms with van der Waals surface area (Å²) in [5.74, 6) is 1.19. The number of carbonyl (C=O) groups is 1. The van der Waals surface area contributed by atoms with E-state index in [2.05, 4.69) is 22.7 Å². The Labute approximate surface area is 201 Å². The maximum atomic E-state index is 13.1. The minimum Gasteiger partial charge on any atom is -0.490 e. The topological polar surface area (TPSA) is 89.8 Å². The number of nitrogens with one attached hydrogen (secondary N) is 2. The van der Waals surface area contributed by atoms with Gasteiger partial charge in [-0.1, -0.05) is 18.2 Å². The van der Waals surface area contributed by atoms with Crippen LogP contribution in [0.2, 0.25) is 0 Å². The Morgan fingerprint density at radius 2 is 1.71 bits per heavy atom. The van der Waals surface area contributed by atoms with Crippen LogP contribution in [0.15, 0.2) is 53.5 Å². The average Bonchev–Trinajstić information content (AvgIpc) is 3.11. The number of para-hydroxylation sites is 1. The van der Waals surface area contributed by atoms with E-state index in [9.17, 15) is 4.79 Å². The van der Waals surface area contributed by atoms with Gasteiger partial charge in [0.1, 0.15) is 0 Å². The molecule has 180 valence electrons. The number of hydrogen-bond acceptors (Lipinski definition) is 5. The van der Waals surface area contributed by atoms with E-state index in [0.717, 1.165) is 29.2 Å². The van der Waals surface area contributed by atoms with Crippen molar-refractivity contribution in [2.45, 2.75) is 47.7 Å². The fourth-order valence-electron chi connectivity index (χ4n) is 3.57. The van der Waals surface area contributed by atoms with Crippen LogP contribution in [0.5, 0.6) is 11.5 Å². The molecule has 0 aliphatic heterocycles. The molecule has 0 fully saturated rings. The number of rotatable bonds is 9. The van der Waals surface area contributed by atoms with Gasteiger partial charge in [0.15, 0.2) is 11.5 Å². The van der Waals surface area contributed by atoms with Crippen LogP contribution in [-0.4, -0.2) is 34.9 Å². The first-order valence-electron chi connectivity index (χ1n) is 11.6. The average molecular weight is 464 g/mol. The van der Waals surface area contributed by atoms with E-state index < -0.39 is 0 Å². The molecule has 0 bridgehead atoms. The highest BCUT2D eigenvalue weighted by Gasteiger charge is 2.15. The number of amides is 1. The molecule has 3 aromatic rings. The van der Waals surface area contributed by atoms with E-state index in [-0.39, 0.29) is 5.91 Å². The summed E-state index contributed by atoms with van der Waals surface area (Å²) in [4.78, 5) is 17.8. The largest absolute Gasteiger partial charge is 0.490 e. The molecule has 8 nitrogen and oxygen atoms in total. The van der Waals surface area contributed by atoms with Crippen LogP contribution in [0.3, 0.4) is 0 Å². The molecule has 1 heterocycles. The number of aryl methyl sites for hydroxylation is 2. The molecule has 0 aliphatic rings. The number of guanidine groups is 1. The number of benzene rings is 2. The number of nitrogens with zero attached hydrogens (tertiary/aromatic N) is 3. The summed E-state index contributed by atoms with van der Waals surface area (Å²) >= 11 is 0. The lowest BCUT2D eigenvalue weighted by Crippen LogP contribution is -2.36. The summed E-state index contributed by atoms with van der Waals surface area (Å²) in [5, 5.41) is 10.7. The molecule has 8 heteroatoms. The van der Waals surface area contributed by atoms with Crippen molar-refractivity contribution in [1.29, 1.82) is 0 Å². The van der Waals surface area contributed by atoms with Gasteiger partial charge in [-0.3, -0.25) is 14.8 Å². The van der Waals surface area contributed by atoms with E-state index in [1.165, 1.54) is 0 Å². The van der Waals surface area contributed by atoms with Gasteiger partial charge < -0.3 is 14.8 Å². The molecule has 0 radical (unpaired) electrons. The molecule has 0 saturated heterocycles. The van der Waals surface area contributed by atoms with Gasteiger partial charge in [0.25, 0.3) is 5.91 Å². The third-order valence-electron chi connectivity index (χ3n) is 5.30. The van der Waals surface area contributed by atoms with Crippen LogP contribution in [-0.2, 0) is 13.1 Å². The molecular formula is C26H33N5O3. The van der Waals surface area contributed by atoms with E-state index in [1.54, 1.807) is 18.2 Å². The number of aliphatic imine (C=N–C) groups is 1. The van der Waals surface area contributed by atoms with Crippen LogP contribution in [0.1, 0.15) is 48.1 Å². The van der Waals surface area contributed by atoms with Gasteiger partial charge >= 0.3 is 0 Å². The van der Waals surface area contributed by atoms with Crippen molar-refractivity contribution in [3.8, 4) is 11.5 Å². The molecule has 0 aliphatic carbocycles. The van der Waals surface area contributed by atoms with Crippen molar-refractivity contribution in [3.63, 3.8) is 0 Å².